The van der Waals surface area contributed by atoms with Crippen LogP contribution in [0.2, 0.25) is 0 Å². The molecule has 0 spiro atoms. The number of carbonyl (C=O) groups is 1. The van der Waals surface area contributed by atoms with E-state index in [1.54, 1.807) is 23.9 Å². The smallest absolute Gasteiger partial charge is 0.248 e. The Morgan fingerprint density at radius 1 is 0.889 bits per heavy atom. The summed E-state index contributed by atoms with van der Waals surface area (Å²) in [4.78, 5) is 13.2. The number of benzene rings is 3. The zero-order chi connectivity index (χ0) is 18.7. The summed E-state index contributed by atoms with van der Waals surface area (Å²) in [5, 5.41) is 2.95. The molecule has 27 heavy (non-hydrogen) atoms. The van der Waals surface area contributed by atoms with E-state index in [4.69, 9.17) is 4.74 Å². The summed E-state index contributed by atoms with van der Waals surface area (Å²) in [6.45, 7) is 0.602. The van der Waals surface area contributed by atoms with E-state index in [0.29, 0.717) is 6.61 Å². The molecule has 1 amide bonds. The molecule has 3 nitrogen and oxygen atoms in total. The van der Waals surface area contributed by atoms with Crippen LogP contribution in [-0.2, 0) is 4.79 Å². The lowest BCUT2D eigenvalue weighted by Crippen LogP contribution is -2.09. The van der Waals surface area contributed by atoms with E-state index in [2.05, 4.69) is 5.32 Å². The molecule has 0 aliphatic rings. The van der Waals surface area contributed by atoms with Gasteiger partial charge in [0.1, 0.15) is 5.75 Å². The molecule has 3 aromatic rings. The summed E-state index contributed by atoms with van der Waals surface area (Å²) in [6, 6.07) is 27.3. The van der Waals surface area contributed by atoms with Crippen molar-refractivity contribution in [3.05, 3.63) is 96.6 Å². The Kier molecular flexibility index (Phi) is 7.13. The van der Waals surface area contributed by atoms with E-state index in [0.717, 1.165) is 27.6 Å². The molecule has 4 heteroatoms. The summed E-state index contributed by atoms with van der Waals surface area (Å²) in [7, 11) is 0. The maximum atomic E-state index is 12.2. The minimum atomic E-state index is -0.146. The molecule has 1 N–H and O–H groups in total. The first-order valence-electron chi connectivity index (χ1n) is 8.75. The van der Waals surface area contributed by atoms with Gasteiger partial charge in [0.15, 0.2) is 0 Å². The highest BCUT2D eigenvalue weighted by molar-refractivity contribution is 7.99. The van der Waals surface area contributed by atoms with Gasteiger partial charge < -0.3 is 10.1 Å². The van der Waals surface area contributed by atoms with E-state index in [9.17, 15) is 4.79 Å². The van der Waals surface area contributed by atoms with Crippen molar-refractivity contribution in [1.82, 2.24) is 0 Å². The number of para-hydroxylation sites is 2. The molecule has 0 radical (unpaired) electrons. The van der Waals surface area contributed by atoms with Crippen molar-refractivity contribution >= 4 is 29.4 Å². The zero-order valence-corrected chi connectivity index (χ0v) is 15.7. The summed E-state index contributed by atoms with van der Waals surface area (Å²) in [5.41, 5.74) is 1.80. The SMILES string of the molecule is O=C(/C=C/c1ccccc1)Nc1ccccc1SCCOc1ccccc1. The second kappa shape index (κ2) is 10.2. The number of anilines is 1. The summed E-state index contributed by atoms with van der Waals surface area (Å²) in [6.07, 6.45) is 3.36. The summed E-state index contributed by atoms with van der Waals surface area (Å²) >= 11 is 1.66. The van der Waals surface area contributed by atoms with Crippen LogP contribution >= 0.6 is 11.8 Å². The van der Waals surface area contributed by atoms with Crippen molar-refractivity contribution in [1.29, 1.82) is 0 Å². The van der Waals surface area contributed by atoms with Gasteiger partial charge in [-0.15, -0.1) is 11.8 Å². The van der Waals surface area contributed by atoms with Crippen molar-refractivity contribution in [3.63, 3.8) is 0 Å². The van der Waals surface area contributed by atoms with Gasteiger partial charge in [-0.3, -0.25) is 4.79 Å². The van der Waals surface area contributed by atoms with Gasteiger partial charge >= 0.3 is 0 Å². The highest BCUT2D eigenvalue weighted by Gasteiger charge is 2.05. The van der Waals surface area contributed by atoms with Crippen LogP contribution in [0.25, 0.3) is 6.08 Å². The Labute approximate surface area is 164 Å². The van der Waals surface area contributed by atoms with Gasteiger partial charge in [-0.25, -0.2) is 0 Å². The Bertz CT molecular complexity index is 879. The molecule has 0 fully saturated rings. The van der Waals surface area contributed by atoms with Gasteiger partial charge in [0, 0.05) is 16.7 Å². The van der Waals surface area contributed by atoms with Crippen molar-refractivity contribution < 1.29 is 9.53 Å². The molecule has 0 saturated carbocycles. The predicted octanol–water partition coefficient (Wildman–Crippen LogP) is 5.51. The van der Waals surface area contributed by atoms with Crippen LogP contribution in [0.1, 0.15) is 5.56 Å². The van der Waals surface area contributed by atoms with Crippen molar-refractivity contribution in [2.75, 3.05) is 17.7 Å². The minimum absolute atomic E-state index is 0.146. The summed E-state index contributed by atoms with van der Waals surface area (Å²) in [5.74, 6) is 1.51. The van der Waals surface area contributed by atoms with Crippen molar-refractivity contribution in [2.24, 2.45) is 0 Å². The number of thioether (sulfide) groups is 1. The largest absolute Gasteiger partial charge is 0.493 e. The Hall–Kier alpha value is -2.98. The molecule has 0 aliphatic heterocycles. The average Bonchev–Trinajstić information content (AvgIpc) is 2.72. The number of carbonyl (C=O) groups excluding carboxylic acids is 1. The molecule has 0 atom stereocenters. The second-order valence-corrected chi connectivity index (χ2v) is 6.88. The molecule has 0 saturated heterocycles. The van der Waals surface area contributed by atoms with Crippen LogP contribution in [0.4, 0.5) is 5.69 Å². The molecule has 136 valence electrons. The number of hydrogen-bond donors (Lipinski definition) is 1. The third-order valence-electron chi connectivity index (χ3n) is 3.72. The average molecular weight is 375 g/mol. The first kappa shape index (κ1) is 18.8. The molecule has 0 aliphatic carbocycles. The Morgan fingerprint density at radius 3 is 2.33 bits per heavy atom. The lowest BCUT2D eigenvalue weighted by atomic mass is 10.2. The summed E-state index contributed by atoms with van der Waals surface area (Å²) < 4.78 is 5.72. The van der Waals surface area contributed by atoms with Crippen molar-refractivity contribution in [3.8, 4) is 5.75 Å². The van der Waals surface area contributed by atoms with E-state index < -0.39 is 0 Å². The molecule has 3 rings (SSSR count). The third kappa shape index (κ3) is 6.35. The maximum absolute atomic E-state index is 12.2. The van der Waals surface area contributed by atoms with Crippen LogP contribution in [-0.4, -0.2) is 18.3 Å². The predicted molar refractivity (Wildman–Crippen MR) is 113 cm³/mol. The fraction of sp³-hybridized carbons (Fsp3) is 0.0870. The van der Waals surface area contributed by atoms with Gasteiger partial charge in [0.2, 0.25) is 5.91 Å². The highest BCUT2D eigenvalue weighted by Crippen LogP contribution is 2.27. The zero-order valence-electron chi connectivity index (χ0n) is 14.9. The fourth-order valence-electron chi connectivity index (χ4n) is 2.43. The lowest BCUT2D eigenvalue weighted by Gasteiger charge is -2.10. The first-order valence-corrected chi connectivity index (χ1v) is 9.73. The number of rotatable bonds is 8. The second-order valence-electron chi connectivity index (χ2n) is 5.74. The number of amides is 1. The van der Waals surface area contributed by atoms with Gasteiger partial charge in [0.25, 0.3) is 0 Å². The normalized spacial score (nSPS) is 10.7. The molecule has 0 unspecified atom stereocenters. The monoisotopic (exact) mass is 375 g/mol. The standard InChI is InChI=1S/C23H21NO2S/c25-23(16-15-19-9-3-1-4-10-19)24-21-13-7-8-14-22(21)27-18-17-26-20-11-5-2-6-12-20/h1-16H,17-18H2,(H,24,25)/b16-15+. The highest BCUT2D eigenvalue weighted by atomic mass is 32.2. The van der Waals surface area contributed by atoms with Crippen LogP contribution in [0.15, 0.2) is 95.9 Å². The van der Waals surface area contributed by atoms with Gasteiger partial charge in [-0.05, 0) is 35.9 Å². The van der Waals surface area contributed by atoms with Crippen LogP contribution < -0.4 is 10.1 Å². The molecule has 0 bridgehead atoms. The van der Waals surface area contributed by atoms with Crippen molar-refractivity contribution in [2.45, 2.75) is 4.90 Å². The maximum Gasteiger partial charge on any atom is 0.248 e. The molecular formula is C23H21NO2S. The number of nitrogens with one attached hydrogen (secondary N) is 1. The Balaban J connectivity index is 1.52. The topological polar surface area (TPSA) is 38.3 Å². The Morgan fingerprint density at radius 2 is 1.56 bits per heavy atom. The van der Waals surface area contributed by atoms with Crippen LogP contribution in [0.3, 0.4) is 0 Å². The molecule has 0 aromatic heterocycles. The van der Waals surface area contributed by atoms with Crippen LogP contribution in [0.5, 0.6) is 5.75 Å². The van der Waals surface area contributed by atoms with E-state index in [1.165, 1.54) is 0 Å². The fourth-order valence-corrected chi connectivity index (χ4v) is 3.27. The van der Waals surface area contributed by atoms with Gasteiger partial charge in [0.05, 0.1) is 12.3 Å². The molecule has 0 heterocycles. The van der Waals surface area contributed by atoms with Gasteiger partial charge in [-0.1, -0.05) is 60.7 Å². The quantitative estimate of drug-likeness (QED) is 0.320. The van der Waals surface area contributed by atoms with Crippen LogP contribution in [0, 0.1) is 0 Å². The number of ether oxygens (including phenoxy) is 1. The minimum Gasteiger partial charge on any atom is -0.493 e. The third-order valence-corrected chi connectivity index (χ3v) is 4.76. The van der Waals surface area contributed by atoms with E-state index in [-0.39, 0.29) is 5.91 Å². The lowest BCUT2D eigenvalue weighted by molar-refractivity contribution is -0.111. The van der Waals surface area contributed by atoms with E-state index in [1.807, 2.05) is 84.9 Å². The first-order chi connectivity index (χ1) is 13.3. The van der Waals surface area contributed by atoms with Gasteiger partial charge in [-0.2, -0.15) is 0 Å². The molecular weight excluding hydrogens is 354 g/mol. The number of hydrogen-bond acceptors (Lipinski definition) is 3. The molecule has 3 aromatic carbocycles. The van der Waals surface area contributed by atoms with E-state index >= 15 is 0 Å².